The van der Waals surface area contributed by atoms with Crippen molar-refractivity contribution in [1.29, 1.82) is 0 Å². The van der Waals surface area contributed by atoms with Gasteiger partial charge in [-0.1, -0.05) is 6.07 Å². The zero-order valence-corrected chi connectivity index (χ0v) is 15.0. The topological polar surface area (TPSA) is 71.0 Å². The van der Waals surface area contributed by atoms with Gasteiger partial charge in [0.15, 0.2) is 0 Å². The van der Waals surface area contributed by atoms with Gasteiger partial charge in [-0.15, -0.1) is 0 Å². The molecular formula is C17H24BFN2O4. The fourth-order valence-electron chi connectivity index (χ4n) is 2.89. The molecule has 0 spiro atoms. The van der Waals surface area contributed by atoms with Crippen molar-refractivity contribution in [2.45, 2.75) is 51.4 Å². The van der Waals surface area contributed by atoms with Crippen LogP contribution < -0.4 is 10.8 Å². The van der Waals surface area contributed by atoms with Crippen molar-refractivity contribution in [3.63, 3.8) is 0 Å². The Morgan fingerprint density at radius 3 is 2.48 bits per heavy atom. The van der Waals surface area contributed by atoms with Crippen molar-refractivity contribution < 1.29 is 23.6 Å². The van der Waals surface area contributed by atoms with Crippen LogP contribution in [0.15, 0.2) is 18.2 Å². The highest BCUT2D eigenvalue weighted by molar-refractivity contribution is 6.62. The number of halogens is 1. The van der Waals surface area contributed by atoms with Crippen molar-refractivity contribution in [2.24, 2.45) is 0 Å². The number of benzene rings is 1. The van der Waals surface area contributed by atoms with Gasteiger partial charge in [-0.05, 0) is 46.2 Å². The summed E-state index contributed by atoms with van der Waals surface area (Å²) in [5.41, 5.74) is -0.446. The van der Waals surface area contributed by atoms with E-state index in [-0.39, 0.29) is 6.03 Å². The van der Waals surface area contributed by atoms with Crippen LogP contribution in [0.1, 0.15) is 34.1 Å². The quantitative estimate of drug-likeness (QED) is 0.797. The number of amides is 2. The Bertz CT molecular complexity index is 667. The zero-order chi connectivity index (χ0) is 18.4. The number of anilines is 1. The Morgan fingerprint density at radius 2 is 1.96 bits per heavy atom. The lowest BCUT2D eigenvalue weighted by atomic mass is 9.78. The predicted molar refractivity (Wildman–Crippen MR) is 93.3 cm³/mol. The lowest BCUT2D eigenvalue weighted by Gasteiger charge is -2.32. The number of hydrogen-bond acceptors (Lipinski definition) is 4. The highest BCUT2D eigenvalue weighted by Gasteiger charge is 2.52. The third kappa shape index (κ3) is 3.52. The van der Waals surface area contributed by atoms with Gasteiger partial charge in [0.05, 0.1) is 17.3 Å². The summed E-state index contributed by atoms with van der Waals surface area (Å²) in [7, 11) is -0.788. The number of β-amino-alcohol motifs (C(OH)–C–C–N with tert-alkyl or cyclic N) is 1. The van der Waals surface area contributed by atoms with Gasteiger partial charge in [0.1, 0.15) is 5.82 Å². The lowest BCUT2D eigenvalue weighted by molar-refractivity contribution is 0.00578. The maximum atomic E-state index is 14.5. The van der Waals surface area contributed by atoms with Crippen LogP contribution in [0.4, 0.5) is 14.9 Å². The molecule has 8 heteroatoms. The maximum absolute atomic E-state index is 14.5. The molecular weight excluding hydrogens is 326 g/mol. The molecule has 2 saturated heterocycles. The second kappa shape index (κ2) is 6.27. The van der Waals surface area contributed by atoms with Gasteiger partial charge in [0, 0.05) is 24.2 Å². The van der Waals surface area contributed by atoms with E-state index in [4.69, 9.17) is 9.31 Å². The van der Waals surface area contributed by atoms with Crippen LogP contribution in [0.5, 0.6) is 0 Å². The first-order valence-electron chi connectivity index (χ1n) is 8.48. The summed E-state index contributed by atoms with van der Waals surface area (Å²) >= 11 is 0. The van der Waals surface area contributed by atoms with Crippen molar-refractivity contribution in [2.75, 3.05) is 18.4 Å². The molecule has 0 saturated carbocycles. The second-order valence-corrected chi connectivity index (χ2v) is 7.64. The molecule has 2 amide bonds. The first-order valence-corrected chi connectivity index (χ1v) is 8.48. The van der Waals surface area contributed by atoms with Crippen LogP contribution in [0.2, 0.25) is 0 Å². The van der Waals surface area contributed by atoms with E-state index in [9.17, 15) is 14.3 Å². The molecule has 1 aromatic carbocycles. The maximum Gasteiger partial charge on any atom is 0.497 e. The summed E-state index contributed by atoms with van der Waals surface area (Å²) in [6.45, 7) is 8.41. The van der Waals surface area contributed by atoms with Gasteiger partial charge < -0.3 is 24.6 Å². The zero-order valence-electron chi connectivity index (χ0n) is 15.0. The summed E-state index contributed by atoms with van der Waals surface area (Å²) in [6, 6.07) is 4.09. The molecule has 25 heavy (non-hydrogen) atoms. The molecule has 3 rings (SSSR count). The third-order valence-corrected chi connectivity index (χ3v) is 5.21. The Kier molecular flexibility index (Phi) is 4.55. The summed E-state index contributed by atoms with van der Waals surface area (Å²) < 4.78 is 26.2. The van der Waals surface area contributed by atoms with Crippen LogP contribution >= 0.6 is 0 Å². The fourth-order valence-corrected chi connectivity index (χ4v) is 2.89. The first-order chi connectivity index (χ1) is 11.6. The van der Waals surface area contributed by atoms with Crippen molar-refractivity contribution >= 4 is 24.3 Å². The van der Waals surface area contributed by atoms with E-state index < -0.39 is 30.2 Å². The van der Waals surface area contributed by atoms with E-state index in [2.05, 4.69) is 5.32 Å². The number of hydrogen-bond donors (Lipinski definition) is 2. The highest BCUT2D eigenvalue weighted by atomic mass is 19.1. The van der Waals surface area contributed by atoms with E-state index in [1.54, 1.807) is 12.1 Å². The summed E-state index contributed by atoms with van der Waals surface area (Å²) in [5.74, 6) is -0.502. The molecule has 0 bridgehead atoms. The first kappa shape index (κ1) is 18.2. The van der Waals surface area contributed by atoms with Gasteiger partial charge in [-0.2, -0.15) is 0 Å². The van der Waals surface area contributed by atoms with Gasteiger partial charge >= 0.3 is 13.1 Å². The van der Waals surface area contributed by atoms with E-state index in [0.29, 0.717) is 30.7 Å². The Labute approximate surface area is 147 Å². The Morgan fingerprint density at radius 1 is 1.32 bits per heavy atom. The molecule has 136 valence electrons. The Hall–Kier alpha value is -1.64. The second-order valence-electron chi connectivity index (χ2n) is 7.64. The van der Waals surface area contributed by atoms with E-state index in [1.807, 2.05) is 27.7 Å². The van der Waals surface area contributed by atoms with Crippen molar-refractivity contribution in [1.82, 2.24) is 4.90 Å². The Balaban J connectivity index is 1.70. The average molecular weight is 350 g/mol. The molecule has 2 aliphatic heterocycles. The minimum atomic E-state index is -0.788. The number of urea groups is 1. The largest absolute Gasteiger partial charge is 0.497 e. The lowest BCUT2D eigenvalue weighted by Crippen LogP contribution is -2.41. The molecule has 0 aliphatic carbocycles. The van der Waals surface area contributed by atoms with Crippen LogP contribution in [0.3, 0.4) is 0 Å². The predicted octanol–water partition coefficient (Wildman–Crippen LogP) is 1.72. The normalized spacial score (nSPS) is 24.6. The molecule has 2 aliphatic rings. The molecule has 1 aromatic rings. The minimum absolute atomic E-state index is 0.292. The number of likely N-dealkylation sites (tertiary alicyclic amines) is 1. The van der Waals surface area contributed by atoms with E-state index in [1.165, 1.54) is 11.0 Å². The molecule has 2 N–H and O–H groups in total. The molecule has 0 aromatic heterocycles. The molecule has 0 radical (unpaired) electrons. The number of carbonyl (C=O) groups excluding carboxylic acids is 1. The molecule has 1 atom stereocenters. The highest BCUT2D eigenvalue weighted by Crippen LogP contribution is 2.36. The van der Waals surface area contributed by atoms with E-state index >= 15 is 0 Å². The van der Waals surface area contributed by atoms with Crippen LogP contribution in [0.25, 0.3) is 0 Å². The standard InChI is InChI=1S/C17H24BFN2O4/c1-16(2)17(3,4)25-18(24-16)13-6-5-11(9-14(13)19)20-15(23)21-8-7-12(22)10-21/h5-6,9,12,22H,7-8,10H2,1-4H3,(H,20,23). The van der Waals surface area contributed by atoms with Crippen molar-refractivity contribution in [3.8, 4) is 0 Å². The van der Waals surface area contributed by atoms with Gasteiger partial charge in [-0.25, -0.2) is 9.18 Å². The summed E-state index contributed by atoms with van der Waals surface area (Å²) in [5, 5.41) is 12.1. The minimum Gasteiger partial charge on any atom is -0.399 e. The van der Waals surface area contributed by atoms with Crippen LogP contribution in [-0.4, -0.2) is 53.6 Å². The molecule has 2 fully saturated rings. The monoisotopic (exact) mass is 350 g/mol. The number of aliphatic hydroxyl groups is 1. The summed E-state index contributed by atoms with van der Waals surface area (Å²) in [6.07, 6.45) is 0.0658. The third-order valence-electron chi connectivity index (χ3n) is 5.21. The van der Waals surface area contributed by atoms with Crippen LogP contribution in [0, 0.1) is 5.82 Å². The van der Waals surface area contributed by atoms with Crippen LogP contribution in [-0.2, 0) is 9.31 Å². The molecule has 2 heterocycles. The number of aliphatic hydroxyl groups excluding tert-OH is 1. The van der Waals surface area contributed by atoms with E-state index in [0.717, 1.165) is 0 Å². The average Bonchev–Trinajstić information content (AvgIpc) is 3.00. The van der Waals surface area contributed by atoms with Gasteiger partial charge in [0.2, 0.25) is 0 Å². The molecule has 1 unspecified atom stereocenters. The number of nitrogens with one attached hydrogen (secondary N) is 1. The number of nitrogens with zero attached hydrogens (tertiary/aromatic N) is 1. The fraction of sp³-hybridized carbons (Fsp3) is 0.588. The van der Waals surface area contributed by atoms with Gasteiger partial charge in [0.25, 0.3) is 0 Å². The van der Waals surface area contributed by atoms with Gasteiger partial charge in [-0.3, -0.25) is 0 Å². The number of rotatable bonds is 2. The summed E-state index contributed by atoms with van der Waals surface area (Å²) in [4.78, 5) is 13.6. The molecule has 6 nitrogen and oxygen atoms in total. The smallest absolute Gasteiger partial charge is 0.399 e. The SMILES string of the molecule is CC1(C)OB(c2ccc(NC(=O)N3CCC(O)C3)cc2F)OC1(C)C. The van der Waals surface area contributed by atoms with Crippen molar-refractivity contribution in [3.05, 3.63) is 24.0 Å². The number of carbonyl (C=O) groups is 1.